The number of ketones is 2. The quantitative estimate of drug-likeness (QED) is 0.311. The van der Waals surface area contributed by atoms with Gasteiger partial charge in [-0.25, -0.2) is 0 Å². The van der Waals surface area contributed by atoms with Crippen molar-refractivity contribution in [2.24, 2.45) is 44.3 Å². The largest absolute Gasteiger partial charge is 0.405 e. The standard InChI is InChI=1S/C36H51F3N2O3/c1-23-18-30(2,3)13-15-35(23,12-10-28(43)41-22-36(37,38)39)16-14-32(6)20-25(42)17-27-33(7)19-24(21-40)29(44)31(4,5)26(33)9-11-34(27,32)8/h17,19,23,26H,9-16,18,20,22H2,1-8H3,(H,41,43)/t23?,26-,32+,33-,34+,35+/m0/s1. The molecule has 0 saturated heterocycles. The number of Topliss-reactive ketones (excluding diaryl/α,β-unsaturated/α-hetero) is 1. The van der Waals surface area contributed by atoms with Gasteiger partial charge in [0.1, 0.15) is 12.6 Å². The molecule has 8 heteroatoms. The topological polar surface area (TPSA) is 87.0 Å². The smallest absolute Gasteiger partial charge is 0.347 e. The molecular formula is C36H51F3N2O3. The van der Waals surface area contributed by atoms with E-state index in [-0.39, 0.29) is 51.6 Å². The van der Waals surface area contributed by atoms with Crippen LogP contribution < -0.4 is 5.32 Å². The monoisotopic (exact) mass is 616 g/mol. The Balaban J connectivity index is 1.65. The molecule has 244 valence electrons. The molecule has 0 radical (unpaired) electrons. The summed E-state index contributed by atoms with van der Waals surface area (Å²) in [6, 6.07) is 2.14. The van der Waals surface area contributed by atoms with Gasteiger partial charge in [-0.15, -0.1) is 0 Å². The van der Waals surface area contributed by atoms with Gasteiger partial charge in [-0.1, -0.05) is 67.0 Å². The second-order valence-electron chi connectivity index (χ2n) is 16.7. The molecule has 4 aliphatic rings. The lowest BCUT2D eigenvalue weighted by atomic mass is 9.40. The van der Waals surface area contributed by atoms with Gasteiger partial charge in [0.15, 0.2) is 11.6 Å². The average molecular weight is 617 g/mol. The maximum absolute atomic E-state index is 13.5. The second kappa shape index (κ2) is 11.1. The van der Waals surface area contributed by atoms with Crippen molar-refractivity contribution >= 4 is 17.5 Å². The molecule has 1 unspecified atom stereocenters. The molecule has 1 N–H and O–H groups in total. The van der Waals surface area contributed by atoms with E-state index in [0.717, 1.165) is 50.5 Å². The van der Waals surface area contributed by atoms with Gasteiger partial charge in [0, 0.05) is 23.7 Å². The fraction of sp³-hybridized carbons (Fsp3) is 0.778. The number of hydrogen-bond donors (Lipinski definition) is 1. The van der Waals surface area contributed by atoms with Crippen molar-refractivity contribution in [1.82, 2.24) is 5.32 Å². The van der Waals surface area contributed by atoms with Crippen molar-refractivity contribution < 1.29 is 27.6 Å². The van der Waals surface area contributed by atoms with Crippen LogP contribution in [0.2, 0.25) is 0 Å². The zero-order valence-corrected chi connectivity index (χ0v) is 27.9. The molecule has 0 aliphatic heterocycles. The first kappa shape index (κ1) is 34.4. The molecular weight excluding hydrogens is 565 g/mol. The Bertz CT molecular complexity index is 1320. The molecule has 4 aliphatic carbocycles. The molecule has 0 heterocycles. The number of nitrogens with one attached hydrogen (secondary N) is 1. The summed E-state index contributed by atoms with van der Waals surface area (Å²) in [6.07, 6.45) is 6.15. The van der Waals surface area contributed by atoms with Crippen LogP contribution in [-0.2, 0) is 14.4 Å². The predicted molar refractivity (Wildman–Crippen MR) is 164 cm³/mol. The molecule has 2 fully saturated rings. The Labute approximate surface area is 261 Å². The number of carbonyl (C=O) groups is 3. The zero-order valence-electron chi connectivity index (χ0n) is 27.9. The average Bonchev–Trinajstić information content (AvgIpc) is 2.89. The van der Waals surface area contributed by atoms with Crippen LogP contribution in [0.25, 0.3) is 0 Å². The van der Waals surface area contributed by atoms with Gasteiger partial charge in [-0.05, 0) is 90.9 Å². The van der Waals surface area contributed by atoms with E-state index in [1.807, 2.05) is 19.9 Å². The summed E-state index contributed by atoms with van der Waals surface area (Å²) in [5.74, 6) is -0.409. The van der Waals surface area contributed by atoms with E-state index in [1.165, 1.54) is 0 Å². The summed E-state index contributed by atoms with van der Waals surface area (Å²) < 4.78 is 38.3. The number of carbonyl (C=O) groups excluding carboxylic acids is 3. The first-order valence-corrected chi connectivity index (χ1v) is 16.3. The second-order valence-corrected chi connectivity index (χ2v) is 16.7. The van der Waals surface area contributed by atoms with Gasteiger partial charge in [0.25, 0.3) is 0 Å². The van der Waals surface area contributed by atoms with E-state index in [4.69, 9.17) is 0 Å². The van der Waals surface area contributed by atoms with Gasteiger partial charge in [-0.3, -0.25) is 14.4 Å². The highest BCUT2D eigenvalue weighted by Gasteiger charge is 2.63. The number of allylic oxidation sites excluding steroid dienone is 4. The molecule has 0 aromatic rings. The van der Waals surface area contributed by atoms with Gasteiger partial charge in [0.05, 0.1) is 5.57 Å². The maximum atomic E-state index is 13.5. The minimum absolute atomic E-state index is 0.0313. The third-order valence-electron chi connectivity index (χ3n) is 13.0. The number of amides is 1. The van der Waals surface area contributed by atoms with Crippen LogP contribution in [0.5, 0.6) is 0 Å². The van der Waals surface area contributed by atoms with Crippen LogP contribution in [0.3, 0.4) is 0 Å². The summed E-state index contributed by atoms with van der Waals surface area (Å²) in [6.45, 7) is 15.8. The number of rotatable bonds is 7. The van der Waals surface area contributed by atoms with E-state index < -0.39 is 34.9 Å². The fourth-order valence-electron chi connectivity index (χ4n) is 10.0. The predicted octanol–water partition coefficient (Wildman–Crippen LogP) is 8.44. The normalized spacial score (nSPS) is 38.0. The lowest BCUT2D eigenvalue weighted by Gasteiger charge is -2.63. The third kappa shape index (κ3) is 5.94. The van der Waals surface area contributed by atoms with Crippen molar-refractivity contribution in [2.75, 3.05) is 6.54 Å². The first-order valence-electron chi connectivity index (χ1n) is 16.3. The van der Waals surface area contributed by atoms with Crippen molar-refractivity contribution in [3.8, 4) is 6.07 Å². The Kier molecular flexibility index (Phi) is 8.71. The van der Waals surface area contributed by atoms with Crippen molar-refractivity contribution in [3.63, 3.8) is 0 Å². The summed E-state index contributed by atoms with van der Waals surface area (Å²) >= 11 is 0. The van der Waals surface area contributed by atoms with Crippen molar-refractivity contribution in [1.29, 1.82) is 5.26 Å². The zero-order chi connectivity index (χ0) is 33.1. The highest BCUT2D eigenvalue weighted by molar-refractivity contribution is 6.04. The first-order chi connectivity index (χ1) is 20.0. The summed E-state index contributed by atoms with van der Waals surface area (Å²) in [5, 5.41) is 11.9. The molecule has 5 nitrogen and oxygen atoms in total. The SMILES string of the molecule is CC1CC(C)(C)CC[C@]1(CCC(=O)NCC(F)(F)F)CC[C@]1(C)CC(=O)C=C2[C@@]3(C)C=C(C#N)C(=O)C(C)(C)[C@@H]3CC[C@]21C. The van der Waals surface area contributed by atoms with Gasteiger partial charge < -0.3 is 5.32 Å². The van der Waals surface area contributed by atoms with Crippen LogP contribution in [-0.4, -0.2) is 30.2 Å². The Morgan fingerprint density at radius 3 is 2.27 bits per heavy atom. The Morgan fingerprint density at radius 1 is 1.02 bits per heavy atom. The molecule has 0 aromatic heterocycles. The summed E-state index contributed by atoms with van der Waals surface area (Å²) in [7, 11) is 0. The van der Waals surface area contributed by atoms with Crippen LogP contribution in [0.1, 0.15) is 120 Å². The maximum Gasteiger partial charge on any atom is 0.405 e. The molecule has 0 spiro atoms. The van der Waals surface area contributed by atoms with Crippen LogP contribution in [0.4, 0.5) is 13.2 Å². The highest BCUT2D eigenvalue weighted by Crippen LogP contribution is 2.69. The number of hydrogen-bond acceptors (Lipinski definition) is 4. The number of nitrogens with zero attached hydrogens (tertiary/aromatic N) is 1. The number of fused-ring (bicyclic) bond motifs is 3. The van der Waals surface area contributed by atoms with Crippen LogP contribution in [0.15, 0.2) is 23.3 Å². The molecule has 0 aromatic carbocycles. The molecule has 6 atom stereocenters. The lowest BCUT2D eigenvalue weighted by molar-refractivity contribution is -0.139. The number of alkyl halides is 3. The highest BCUT2D eigenvalue weighted by atomic mass is 19.4. The summed E-state index contributed by atoms with van der Waals surface area (Å²) in [5.41, 5.74) is -0.959. The van der Waals surface area contributed by atoms with E-state index in [0.29, 0.717) is 12.8 Å². The van der Waals surface area contributed by atoms with Gasteiger partial charge >= 0.3 is 6.18 Å². The van der Waals surface area contributed by atoms with Crippen LogP contribution in [0, 0.1) is 55.7 Å². The molecule has 4 rings (SSSR count). The number of halogens is 3. The van der Waals surface area contributed by atoms with E-state index >= 15 is 0 Å². The molecule has 44 heavy (non-hydrogen) atoms. The minimum Gasteiger partial charge on any atom is -0.347 e. The van der Waals surface area contributed by atoms with E-state index in [9.17, 15) is 32.8 Å². The minimum atomic E-state index is -4.45. The van der Waals surface area contributed by atoms with Crippen LogP contribution >= 0.6 is 0 Å². The molecule has 2 saturated carbocycles. The van der Waals surface area contributed by atoms with Crippen molar-refractivity contribution in [2.45, 2.75) is 126 Å². The fourth-order valence-corrected chi connectivity index (χ4v) is 10.0. The third-order valence-corrected chi connectivity index (χ3v) is 13.0. The van der Waals surface area contributed by atoms with Gasteiger partial charge in [-0.2, -0.15) is 18.4 Å². The number of nitriles is 1. The Morgan fingerprint density at radius 2 is 1.68 bits per heavy atom. The van der Waals surface area contributed by atoms with E-state index in [2.05, 4.69) is 52.9 Å². The van der Waals surface area contributed by atoms with E-state index in [1.54, 1.807) is 6.08 Å². The van der Waals surface area contributed by atoms with Crippen molar-refractivity contribution in [3.05, 3.63) is 23.3 Å². The summed E-state index contributed by atoms with van der Waals surface area (Å²) in [4.78, 5) is 39.3. The molecule has 0 bridgehead atoms. The molecule has 1 amide bonds. The lowest BCUT2D eigenvalue weighted by Crippen LogP contribution is -2.58. The Hall–Kier alpha value is -2.43. The van der Waals surface area contributed by atoms with Gasteiger partial charge in [0.2, 0.25) is 5.91 Å².